The molecule has 0 radical (unpaired) electrons. The second-order valence-corrected chi connectivity index (χ2v) is 5.67. The monoisotopic (exact) mass is 312 g/mol. The highest BCUT2D eigenvalue weighted by molar-refractivity contribution is 8.00. The van der Waals surface area contributed by atoms with Gasteiger partial charge in [-0.15, -0.1) is 11.8 Å². The summed E-state index contributed by atoms with van der Waals surface area (Å²) >= 11 is 1.24. The topological polar surface area (TPSA) is 101 Å². The molecular weight excluding hydrogens is 296 g/mol. The van der Waals surface area contributed by atoms with Crippen LogP contribution >= 0.6 is 11.8 Å². The van der Waals surface area contributed by atoms with Crippen LogP contribution in [0.3, 0.4) is 0 Å². The van der Waals surface area contributed by atoms with Gasteiger partial charge in [0.15, 0.2) is 0 Å². The number of hydrogen-bond acceptors (Lipinski definition) is 5. The zero-order valence-electron chi connectivity index (χ0n) is 11.7. The highest BCUT2D eigenvalue weighted by atomic mass is 32.2. The van der Waals surface area contributed by atoms with Crippen LogP contribution in [-0.4, -0.2) is 45.1 Å². The molecule has 1 amide bonds. The third kappa shape index (κ3) is 5.07. The first kappa shape index (κ1) is 17.0. The van der Waals surface area contributed by atoms with E-state index >= 15 is 0 Å². The fraction of sp³-hybridized carbons (Fsp3) is 0.385. The van der Waals surface area contributed by atoms with Crippen LogP contribution < -0.4 is 0 Å². The lowest BCUT2D eigenvalue weighted by Gasteiger charge is -2.22. The molecule has 1 atom stereocenters. The summed E-state index contributed by atoms with van der Waals surface area (Å²) in [5.74, 6) is -1.33. The lowest BCUT2D eigenvalue weighted by atomic mass is 10.3. The van der Waals surface area contributed by atoms with E-state index in [1.165, 1.54) is 28.8 Å². The molecule has 0 aliphatic rings. The van der Waals surface area contributed by atoms with Gasteiger partial charge in [0.05, 0.1) is 10.2 Å². The quantitative estimate of drug-likeness (QED) is 0.469. The minimum Gasteiger partial charge on any atom is -0.480 e. The SMILES string of the molecule is CCN(CC(=O)O)C(=O)C(C)Sc1ccc([N+](=O)[O-])cc1. The van der Waals surface area contributed by atoms with Crippen LogP contribution in [0.5, 0.6) is 0 Å². The van der Waals surface area contributed by atoms with Gasteiger partial charge in [-0.1, -0.05) is 0 Å². The fourth-order valence-electron chi connectivity index (χ4n) is 1.67. The molecular formula is C13H16N2O5S. The van der Waals surface area contributed by atoms with Gasteiger partial charge in [-0.3, -0.25) is 19.7 Å². The molecule has 1 unspecified atom stereocenters. The molecule has 1 N–H and O–H groups in total. The van der Waals surface area contributed by atoms with Crippen LogP contribution in [0.1, 0.15) is 13.8 Å². The van der Waals surface area contributed by atoms with Crippen LogP contribution in [0.25, 0.3) is 0 Å². The molecule has 1 aromatic rings. The molecule has 0 heterocycles. The number of nitro groups is 1. The van der Waals surface area contributed by atoms with E-state index in [2.05, 4.69) is 0 Å². The largest absolute Gasteiger partial charge is 0.480 e. The van der Waals surface area contributed by atoms with Gasteiger partial charge in [0.25, 0.3) is 5.69 Å². The first-order chi connectivity index (χ1) is 9.85. The maximum atomic E-state index is 12.1. The Morgan fingerprint density at radius 3 is 2.38 bits per heavy atom. The molecule has 7 nitrogen and oxygen atoms in total. The summed E-state index contributed by atoms with van der Waals surface area (Å²) in [6.45, 7) is 3.37. The van der Waals surface area contributed by atoms with Crippen LogP contribution in [0.4, 0.5) is 5.69 Å². The van der Waals surface area contributed by atoms with E-state index in [1.807, 2.05) is 0 Å². The number of carbonyl (C=O) groups excluding carboxylic acids is 1. The number of rotatable bonds is 7. The number of carboxylic acids is 1. The number of hydrogen-bond donors (Lipinski definition) is 1. The third-order valence-electron chi connectivity index (χ3n) is 2.73. The Hall–Kier alpha value is -2.09. The molecule has 8 heteroatoms. The average molecular weight is 312 g/mol. The maximum Gasteiger partial charge on any atom is 0.323 e. The van der Waals surface area contributed by atoms with E-state index in [0.717, 1.165) is 0 Å². The predicted molar refractivity (Wildman–Crippen MR) is 78.3 cm³/mol. The standard InChI is InChI=1S/C13H16N2O5S/c1-3-14(8-12(16)17)13(18)9(2)21-11-6-4-10(5-7-11)15(19)20/h4-7,9H,3,8H2,1-2H3,(H,16,17). The van der Waals surface area contributed by atoms with Gasteiger partial charge in [0, 0.05) is 23.6 Å². The number of non-ortho nitro benzene ring substituents is 1. The van der Waals surface area contributed by atoms with Gasteiger partial charge in [-0.2, -0.15) is 0 Å². The van der Waals surface area contributed by atoms with Crippen molar-refractivity contribution in [1.29, 1.82) is 0 Å². The van der Waals surface area contributed by atoms with Crippen molar-refractivity contribution in [2.75, 3.05) is 13.1 Å². The summed E-state index contributed by atoms with van der Waals surface area (Å²) in [6, 6.07) is 5.88. The number of nitro benzene ring substituents is 1. The molecule has 0 aromatic heterocycles. The van der Waals surface area contributed by atoms with E-state index < -0.39 is 16.1 Å². The Labute approximate surface area is 126 Å². The lowest BCUT2D eigenvalue weighted by Crippen LogP contribution is -2.39. The zero-order chi connectivity index (χ0) is 16.0. The van der Waals surface area contributed by atoms with E-state index in [-0.39, 0.29) is 18.1 Å². The molecule has 0 saturated heterocycles. The second kappa shape index (κ2) is 7.63. The van der Waals surface area contributed by atoms with Gasteiger partial charge >= 0.3 is 5.97 Å². The highest BCUT2D eigenvalue weighted by Crippen LogP contribution is 2.26. The molecule has 21 heavy (non-hydrogen) atoms. The number of likely N-dealkylation sites (N-methyl/N-ethyl adjacent to an activating group) is 1. The van der Waals surface area contributed by atoms with Crippen molar-refractivity contribution in [3.63, 3.8) is 0 Å². The van der Waals surface area contributed by atoms with Crippen molar-refractivity contribution in [3.8, 4) is 0 Å². The lowest BCUT2D eigenvalue weighted by molar-refractivity contribution is -0.384. The molecule has 1 aromatic carbocycles. The normalized spacial score (nSPS) is 11.7. The molecule has 1 rings (SSSR count). The van der Waals surface area contributed by atoms with E-state index in [1.54, 1.807) is 26.0 Å². The minimum absolute atomic E-state index is 0.0145. The number of amides is 1. The van der Waals surface area contributed by atoms with E-state index in [9.17, 15) is 19.7 Å². The number of carboxylic acid groups (broad SMARTS) is 1. The first-order valence-corrected chi connectivity index (χ1v) is 7.14. The number of thioether (sulfide) groups is 1. The number of benzene rings is 1. The van der Waals surface area contributed by atoms with Gasteiger partial charge < -0.3 is 10.0 Å². The van der Waals surface area contributed by atoms with Crippen molar-refractivity contribution < 1.29 is 19.6 Å². The first-order valence-electron chi connectivity index (χ1n) is 6.26. The van der Waals surface area contributed by atoms with Crippen LogP contribution in [-0.2, 0) is 9.59 Å². The Bertz CT molecular complexity index is 532. The summed E-state index contributed by atoms with van der Waals surface area (Å²) in [5.41, 5.74) is -0.0145. The number of nitrogens with zero attached hydrogens (tertiary/aromatic N) is 2. The number of carbonyl (C=O) groups is 2. The predicted octanol–water partition coefficient (Wildman–Crippen LogP) is 2.01. The molecule has 0 aliphatic carbocycles. The summed E-state index contributed by atoms with van der Waals surface area (Å²) in [6.07, 6.45) is 0. The van der Waals surface area contributed by atoms with Crippen molar-refractivity contribution in [1.82, 2.24) is 4.90 Å². The minimum atomic E-state index is -1.06. The summed E-state index contributed by atoms with van der Waals surface area (Å²) in [7, 11) is 0. The van der Waals surface area contributed by atoms with Crippen molar-refractivity contribution in [3.05, 3.63) is 34.4 Å². The Morgan fingerprint density at radius 1 is 1.38 bits per heavy atom. The van der Waals surface area contributed by atoms with Crippen LogP contribution in [0.15, 0.2) is 29.2 Å². The second-order valence-electron chi connectivity index (χ2n) is 4.26. The summed E-state index contributed by atoms with van der Waals surface area (Å²) in [5, 5.41) is 18.8. The Morgan fingerprint density at radius 2 is 1.95 bits per heavy atom. The van der Waals surface area contributed by atoms with Crippen molar-refractivity contribution >= 4 is 29.3 Å². The van der Waals surface area contributed by atoms with Gasteiger partial charge in [0.2, 0.25) is 5.91 Å². The third-order valence-corrected chi connectivity index (χ3v) is 3.83. The Kier molecular flexibility index (Phi) is 6.16. The summed E-state index contributed by atoms with van der Waals surface area (Å²) < 4.78 is 0. The molecule has 0 aliphatic heterocycles. The summed E-state index contributed by atoms with van der Waals surface area (Å²) in [4.78, 5) is 34.8. The molecule has 0 bridgehead atoms. The fourth-order valence-corrected chi connectivity index (χ4v) is 2.62. The van der Waals surface area contributed by atoms with Crippen molar-refractivity contribution in [2.24, 2.45) is 0 Å². The smallest absolute Gasteiger partial charge is 0.323 e. The van der Waals surface area contributed by atoms with Gasteiger partial charge in [-0.25, -0.2) is 0 Å². The van der Waals surface area contributed by atoms with Crippen LogP contribution in [0, 0.1) is 10.1 Å². The van der Waals surface area contributed by atoms with E-state index in [4.69, 9.17) is 5.11 Å². The highest BCUT2D eigenvalue weighted by Gasteiger charge is 2.22. The van der Waals surface area contributed by atoms with Crippen LogP contribution in [0.2, 0.25) is 0 Å². The van der Waals surface area contributed by atoms with Gasteiger partial charge in [-0.05, 0) is 26.0 Å². The zero-order valence-corrected chi connectivity index (χ0v) is 12.5. The van der Waals surface area contributed by atoms with Crippen molar-refractivity contribution in [2.45, 2.75) is 24.0 Å². The average Bonchev–Trinajstić information content (AvgIpc) is 2.44. The maximum absolute atomic E-state index is 12.1. The molecule has 0 fully saturated rings. The number of aliphatic carboxylic acids is 1. The van der Waals surface area contributed by atoms with Gasteiger partial charge in [0.1, 0.15) is 6.54 Å². The Balaban J connectivity index is 2.70. The molecule has 114 valence electrons. The molecule has 0 saturated carbocycles. The molecule has 0 spiro atoms. The van der Waals surface area contributed by atoms with E-state index in [0.29, 0.717) is 11.4 Å².